The van der Waals surface area contributed by atoms with Gasteiger partial charge in [0.05, 0.1) is 23.0 Å². The van der Waals surface area contributed by atoms with Crippen LogP contribution in [0.1, 0.15) is 27.7 Å². The zero-order valence-electron chi connectivity index (χ0n) is 9.76. The number of aromatic nitrogens is 2. The van der Waals surface area contributed by atoms with Gasteiger partial charge in [-0.15, -0.1) is 0 Å². The Kier molecular flexibility index (Phi) is 3.30. The summed E-state index contributed by atoms with van der Waals surface area (Å²) in [5.74, 6) is 0. The lowest BCUT2D eigenvalue weighted by atomic mass is 9.86. The molecular weight excluding hydrogens is 230 g/mol. The SMILES string of the molecule is CC(C)(O)C(C)(C)Nc1cn[nH]c(=O)c1Cl. The van der Waals surface area contributed by atoms with E-state index >= 15 is 0 Å². The Morgan fingerprint density at radius 1 is 1.44 bits per heavy atom. The topological polar surface area (TPSA) is 78.0 Å². The monoisotopic (exact) mass is 245 g/mol. The predicted octanol–water partition coefficient (Wildman–Crippen LogP) is 1.38. The number of rotatable bonds is 3. The lowest BCUT2D eigenvalue weighted by Gasteiger charge is -2.38. The molecule has 6 heteroatoms. The van der Waals surface area contributed by atoms with Crippen molar-refractivity contribution in [2.45, 2.75) is 38.8 Å². The molecule has 0 aliphatic heterocycles. The van der Waals surface area contributed by atoms with E-state index in [0.29, 0.717) is 5.69 Å². The first-order valence-electron chi connectivity index (χ1n) is 4.89. The molecule has 0 amide bonds. The molecule has 1 aromatic heterocycles. The predicted molar refractivity (Wildman–Crippen MR) is 63.9 cm³/mol. The number of nitrogens with zero attached hydrogens (tertiary/aromatic N) is 1. The van der Waals surface area contributed by atoms with Crippen molar-refractivity contribution in [3.8, 4) is 0 Å². The summed E-state index contributed by atoms with van der Waals surface area (Å²) in [5, 5.41) is 18.9. The average molecular weight is 246 g/mol. The maximum absolute atomic E-state index is 11.2. The van der Waals surface area contributed by atoms with Crippen molar-refractivity contribution in [2.75, 3.05) is 5.32 Å². The minimum Gasteiger partial charge on any atom is -0.388 e. The first-order valence-corrected chi connectivity index (χ1v) is 5.27. The molecule has 0 radical (unpaired) electrons. The van der Waals surface area contributed by atoms with Crippen LogP contribution in [0.15, 0.2) is 11.0 Å². The van der Waals surface area contributed by atoms with Crippen molar-refractivity contribution in [3.63, 3.8) is 0 Å². The van der Waals surface area contributed by atoms with E-state index in [0.717, 1.165) is 0 Å². The summed E-state index contributed by atoms with van der Waals surface area (Å²) in [6, 6.07) is 0. The molecule has 0 aliphatic rings. The molecule has 0 fully saturated rings. The largest absolute Gasteiger partial charge is 0.388 e. The van der Waals surface area contributed by atoms with Gasteiger partial charge in [0.25, 0.3) is 5.56 Å². The summed E-state index contributed by atoms with van der Waals surface area (Å²) < 4.78 is 0. The van der Waals surface area contributed by atoms with Crippen LogP contribution >= 0.6 is 11.6 Å². The molecule has 0 spiro atoms. The molecule has 0 saturated heterocycles. The maximum atomic E-state index is 11.2. The molecule has 3 N–H and O–H groups in total. The number of anilines is 1. The van der Waals surface area contributed by atoms with Gasteiger partial charge >= 0.3 is 0 Å². The lowest BCUT2D eigenvalue weighted by molar-refractivity contribution is 0.0240. The van der Waals surface area contributed by atoms with Crippen molar-refractivity contribution >= 4 is 17.3 Å². The molecule has 1 rings (SSSR count). The minimum atomic E-state index is -0.973. The van der Waals surface area contributed by atoms with E-state index in [9.17, 15) is 9.90 Å². The number of hydrogen-bond donors (Lipinski definition) is 3. The second-order valence-corrected chi connectivity index (χ2v) is 5.11. The van der Waals surface area contributed by atoms with Gasteiger partial charge in [-0.05, 0) is 27.7 Å². The second kappa shape index (κ2) is 4.07. The fraction of sp³-hybridized carbons (Fsp3) is 0.600. The van der Waals surface area contributed by atoms with Gasteiger partial charge in [-0.2, -0.15) is 5.10 Å². The molecule has 0 aliphatic carbocycles. The molecular formula is C10H16ClN3O2. The Bertz CT molecular complexity index is 434. The molecule has 0 unspecified atom stereocenters. The van der Waals surface area contributed by atoms with Gasteiger partial charge in [0.1, 0.15) is 5.02 Å². The van der Waals surface area contributed by atoms with Crippen LogP contribution in [0.4, 0.5) is 5.69 Å². The summed E-state index contributed by atoms with van der Waals surface area (Å²) >= 11 is 5.82. The Hall–Kier alpha value is -1.07. The summed E-state index contributed by atoms with van der Waals surface area (Å²) in [7, 11) is 0. The fourth-order valence-corrected chi connectivity index (χ4v) is 1.10. The first-order chi connectivity index (χ1) is 7.15. The van der Waals surface area contributed by atoms with Crippen molar-refractivity contribution in [3.05, 3.63) is 21.6 Å². The van der Waals surface area contributed by atoms with E-state index in [1.54, 1.807) is 13.8 Å². The van der Waals surface area contributed by atoms with Crippen LogP contribution in [-0.2, 0) is 0 Å². The zero-order chi connectivity index (χ0) is 12.6. The average Bonchev–Trinajstić information content (AvgIpc) is 2.11. The maximum Gasteiger partial charge on any atom is 0.285 e. The fourth-order valence-electron chi connectivity index (χ4n) is 0.960. The quantitative estimate of drug-likeness (QED) is 0.752. The van der Waals surface area contributed by atoms with Gasteiger partial charge in [0.15, 0.2) is 0 Å². The molecule has 5 nitrogen and oxygen atoms in total. The Labute approximate surface area is 98.8 Å². The normalized spacial score (nSPS) is 12.6. The van der Waals surface area contributed by atoms with Crippen LogP contribution in [0.3, 0.4) is 0 Å². The summed E-state index contributed by atoms with van der Waals surface area (Å²) in [6.07, 6.45) is 1.41. The highest BCUT2D eigenvalue weighted by Crippen LogP contribution is 2.27. The van der Waals surface area contributed by atoms with Gasteiger partial charge in [0, 0.05) is 0 Å². The number of aromatic amines is 1. The lowest BCUT2D eigenvalue weighted by Crippen LogP contribution is -2.51. The molecule has 0 atom stereocenters. The van der Waals surface area contributed by atoms with Gasteiger partial charge in [-0.25, -0.2) is 5.10 Å². The summed E-state index contributed by atoms with van der Waals surface area (Å²) in [4.78, 5) is 11.2. The first kappa shape index (κ1) is 13.0. The third-order valence-corrected chi connectivity index (χ3v) is 3.15. The number of halogens is 1. The Morgan fingerprint density at radius 2 is 2.00 bits per heavy atom. The summed E-state index contributed by atoms with van der Waals surface area (Å²) in [6.45, 7) is 6.97. The molecule has 1 aromatic rings. The van der Waals surface area contributed by atoms with E-state index in [-0.39, 0.29) is 5.02 Å². The van der Waals surface area contributed by atoms with E-state index in [1.807, 2.05) is 13.8 Å². The van der Waals surface area contributed by atoms with Crippen LogP contribution in [0, 0.1) is 0 Å². The molecule has 90 valence electrons. The number of H-pyrrole nitrogens is 1. The van der Waals surface area contributed by atoms with E-state index in [2.05, 4.69) is 15.5 Å². The Morgan fingerprint density at radius 3 is 2.50 bits per heavy atom. The highest BCUT2D eigenvalue weighted by molar-refractivity contribution is 6.32. The Balaban J connectivity index is 3.06. The van der Waals surface area contributed by atoms with Gasteiger partial charge in [-0.3, -0.25) is 4.79 Å². The third kappa shape index (κ3) is 2.54. The van der Waals surface area contributed by atoms with Crippen LogP contribution in [0.2, 0.25) is 5.02 Å². The van der Waals surface area contributed by atoms with E-state index in [4.69, 9.17) is 11.6 Å². The van der Waals surface area contributed by atoms with Crippen LogP contribution in [0.5, 0.6) is 0 Å². The van der Waals surface area contributed by atoms with Crippen molar-refractivity contribution < 1.29 is 5.11 Å². The minimum absolute atomic E-state index is 0.0346. The van der Waals surface area contributed by atoms with Crippen LogP contribution < -0.4 is 10.9 Å². The smallest absolute Gasteiger partial charge is 0.285 e. The van der Waals surface area contributed by atoms with Crippen LogP contribution in [0.25, 0.3) is 0 Å². The number of hydrogen-bond acceptors (Lipinski definition) is 4. The van der Waals surface area contributed by atoms with Gasteiger partial charge in [-0.1, -0.05) is 11.6 Å². The van der Waals surface area contributed by atoms with Crippen molar-refractivity contribution in [1.29, 1.82) is 0 Å². The number of aliphatic hydroxyl groups is 1. The van der Waals surface area contributed by atoms with Crippen molar-refractivity contribution in [2.24, 2.45) is 0 Å². The second-order valence-electron chi connectivity index (χ2n) is 4.74. The molecule has 0 aromatic carbocycles. The molecule has 0 saturated carbocycles. The van der Waals surface area contributed by atoms with Crippen molar-refractivity contribution in [1.82, 2.24) is 10.2 Å². The van der Waals surface area contributed by atoms with E-state index < -0.39 is 16.7 Å². The van der Waals surface area contributed by atoms with Gasteiger partial charge in [0.2, 0.25) is 0 Å². The number of nitrogens with one attached hydrogen (secondary N) is 2. The van der Waals surface area contributed by atoms with Gasteiger partial charge < -0.3 is 10.4 Å². The summed E-state index contributed by atoms with van der Waals surface area (Å²) in [5.41, 5.74) is -1.68. The molecule has 16 heavy (non-hydrogen) atoms. The molecule has 1 heterocycles. The standard InChI is InChI=1S/C10H16ClN3O2/c1-9(2,10(3,4)16)13-6-5-12-14-8(15)7(6)11/h5,16H,1-4H3,(H2,13,14,15). The third-order valence-electron chi connectivity index (χ3n) is 2.77. The van der Waals surface area contributed by atoms with E-state index in [1.165, 1.54) is 6.20 Å². The zero-order valence-corrected chi connectivity index (χ0v) is 10.5. The van der Waals surface area contributed by atoms with Crippen LogP contribution in [-0.4, -0.2) is 26.4 Å². The highest BCUT2D eigenvalue weighted by atomic mass is 35.5. The molecule has 0 bridgehead atoms. The highest BCUT2D eigenvalue weighted by Gasteiger charge is 2.35.